The van der Waals surface area contributed by atoms with E-state index in [-0.39, 0.29) is 12.1 Å². The number of nitrogens with one attached hydrogen (secondary N) is 1. The molecule has 8 nitrogen and oxygen atoms in total. The maximum Gasteiger partial charge on any atom is 0.410 e. The number of hydrogen-bond acceptors (Lipinski definition) is 6. The predicted molar refractivity (Wildman–Crippen MR) is 161 cm³/mol. The lowest BCUT2D eigenvalue weighted by molar-refractivity contribution is 0.0206. The summed E-state index contributed by atoms with van der Waals surface area (Å²) >= 11 is 0. The first kappa shape index (κ1) is 29.1. The standard InChI is InChI=1S/C30H45N5O3Si/c1-8-22-18-31-28(32-23-12-11-15-34(19-23)29(36)38-30(2,3)4)33-27(22)25-20-35(21-37-16-17-39(5,6)7)26-14-10-9-13-24(25)26/h9-10,13-14,18,20,23H,8,11-12,15-17,19,21H2,1-7H3,(H,31,32,33)/t23-/m0/s1. The van der Waals surface area contributed by atoms with Crippen LogP contribution in [0, 0.1) is 0 Å². The molecule has 0 saturated carbocycles. The highest BCUT2D eigenvalue weighted by Gasteiger charge is 2.28. The van der Waals surface area contributed by atoms with Crippen LogP contribution in [0.4, 0.5) is 10.7 Å². The quantitative estimate of drug-likeness (QED) is 0.233. The van der Waals surface area contributed by atoms with Crippen molar-refractivity contribution in [3.8, 4) is 11.3 Å². The molecule has 39 heavy (non-hydrogen) atoms. The SMILES string of the molecule is CCc1cnc(N[C@H]2CCCN(C(=O)OC(C)(C)C)C2)nc1-c1cn(COCC[Si](C)(C)C)c2ccccc12. The van der Waals surface area contributed by atoms with Crippen LogP contribution >= 0.6 is 0 Å². The number of fused-ring (bicyclic) bond motifs is 1. The molecule has 3 aromatic rings. The van der Waals surface area contributed by atoms with Crippen LogP contribution in [0.1, 0.15) is 46.1 Å². The molecule has 0 aliphatic carbocycles. The fraction of sp³-hybridized carbons (Fsp3) is 0.567. The molecule has 0 spiro atoms. The van der Waals surface area contributed by atoms with Gasteiger partial charge in [-0.15, -0.1) is 0 Å². The fourth-order valence-corrected chi connectivity index (χ4v) is 5.58. The van der Waals surface area contributed by atoms with Gasteiger partial charge in [-0.3, -0.25) is 0 Å². The van der Waals surface area contributed by atoms with E-state index >= 15 is 0 Å². The van der Waals surface area contributed by atoms with Gasteiger partial charge in [0.2, 0.25) is 5.95 Å². The van der Waals surface area contributed by atoms with Crippen LogP contribution in [0.2, 0.25) is 25.7 Å². The van der Waals surface area contributed by atoms with E-state index in [0.29, 0.717) is 25.8 Å². The average Bonchev–Trinajstić information content (AvgIpc) is 3.24. The number of benzene rings is 1. The Kier molecular flexibility index (Phi) is 9.01. The molecular formula is C30H45N5O3Si. The van der Waals surface area contributed by atoms with E-state index in [2.05, 4.69) is 71.9 Å². The average molecular weight is 552 g/mol. The number of anilines is 1. The van der Waals surface area contributed by atoms with E-state index in [4.69, 9.17) is 14.5 Å². The number of likely N-dealkylation sites (tertiary alicyclic amines) is 1. The van der Waals surface area contributed by atoms with Gasteiger partial charge in [0.15, 0.2) is 0 Å². The lowest BCUT2D eigenvalue weighted by Crippen LogP contribution is -2.47. The molecule has 2 aromatic heterocycles. The van der Waals surface area contributed by atoms with Gasteiger partial charge in [-0.2, -0.15) is 0 Å². The van der Waals surface area contributed by atoms with Gasteiger partial charge < -0.3 is 24.3 Å². The summed E-state index contributed by atoms with van der Waals surface area (Å²) in [7, 11) is -1.14. The second-order valence-electron chi connectivity index (χ2n) is 12.7. The van der Waals surface area contributed by atoms with Crippen molar-refractivity contribution in [2.24, 2.45) is 0 Å². The number of carbonyl (C=O) groups is 1. The van der Waals surface area contributed by atoms with Gasteiger partial charge in [-0.1, -0.05) is 44.8 Å². The Morgan fingerprint density at radius 3 is 2.69 bits per heavy atom. The second kappa shape index (κ2) is 12.1. The largest absolute Gasteiger partial charge is 0.444 e. The Morgan fingerprint density at radius 2 is 1.97 bits per heavy atom. The minimum atomic E-state index is -1.14. The Labute approximate surface area is 234 Å². The summed E-state index contributed by atoms with van der Waals surface area (Å²) in [6.45, 7) is 17.5. The predicted octanol–water partition coefficient (Wildman–Crippen LogP) is 6.78. The van der Waals surface area contributed by atoms with Gasteiger partial charge in [-0.05, 0) is 57.7 Å². The van der Waals surface area contributed by atoms with Crippen molar-refractivity contribution in [2.45, 2.75) is 91.0 Å². The summed E-state index contributed by atoms with van der Waals surface area (Å²) in [6.07, 6.45) is 6.50. The molecule has 1 aliphatic rings. The Bertz CT molecular complexity index is 1280. The van der Waals surface area contributed by atoms with E-state index in [1.165, 1.54) is 0 Å². The Balaban J connectivity index is 1.55. The highest BCUT2D eigenvalue weighted by Crippen LogP contribution is 2.32. The number of ether oxygens (including phenoxy) is 2. The third kappa shape index (κ3) is 7.82. The summed E-state index contributed by atoms with van der Waals surface area (Å²) in [4.78, 5) is 24.1. The number of hydrogen-bond donors (Lipinski definition) is 1. The van der Waals surface area contributed by atoms with Crippen molar-refractivity contribution in [1.82, 2.24) is 19.4 Å². The summed E-state index contributed by atoms with van der Waals surface area (Å²) in [5, 5.41) is 4.65. The van der Waals surface area contributed by atoms with Crippen molar-refractivity contribution in [3.05, 3.63) is 42.2 Å². The number of nitrogens with zero attached hydrogens (tertiary/aromatic N) is 4. The fourth-order valence-electron chi connectivity index (χ4n) is 4.82. The van der Waals surface area contributed by atoms with Crippen molar-refractivity contribution >= 4 is 31.0 Å². The van der Waals surface area contributed by atoms with E-state index in [1.54, 1.807) is 4.90 Å². The maximum atomic E-state index is 12.6. The molecule has 0 unspecified atom stereocenters. The zero-order valence-electron chi connectivity index (χ0n) is 24.7. The lowest BCUT2D eigenvalue weighted by atomic mass is 10.0. The van der Waals surface area contributed by atoms with Gasteiger partial charge in [0.1, 0.15) is 12.3 Å². The third-order valence-electron chi connectivity index (χ3n) is 6.92. The van der Waals surface area contributed by atoms with Crippen molar-refractivity contribution < 1.29 is 14.3 Å². The molecule has 1 amide bonds. The van der Waals surface area contributed by atoms with Crippen molar-refractivity contribution in [2.75, 3.05) is 25.0 Å². The maximum absolute atomic E-state index is 12.6. The van der Waals surface area contributed by atoms with Gasteiger partial charge in [0, 0.05) is 57.2 Å². The van der Waals surface area contributed by atoms with Crippen LogP contribution in [0.15, 0.2) is 36.7 Å². The Hall–Kier alpha value is -2.91. The topological polar surface area (TPSA) is 81.5 Å². The number of para-hydroxylation sites is 1. The monoisotopic (exact) mass is 551 g/mol. The second-order valence-corrected chi connectivity index (χ2v) is 18.3. The van der Waals surface area contributed by atoms with Gasteiger partial charge in [-0.25, -0.2) is 14.8 Å². The summed E-state index contributed by atoms with van der Waals surface area (Å²) in [5.74, 6) is 0.585. The minimum absolute atomic E-state index is 0.0627. The van der Waals surface area contributed by atoms with Crippen molar-refractivity contribution in [1.29, 1.82) is 0 Å². The van der Waals surface area contributed by atoms with Crippen LogP contribution in [-0.4, -0.2) is 64.9 Å². The van der Waals surface area contributed by atoms with Crippen LogP contribution in [0.3, 0.4) is 0 Å². The first-order chi connectivity index (χ1) is 18.4. The molecule has 1 aliphatic heterocycles. The van der Waals surface area contributed by atoms with Crippen LogP contribution in [0.25, 0.3) is 22.2 Å². The molecule has 9 heteroatoms. The van der Waals surface area contributed by atoms with Gasteiger partial charge in [0.25, 0.3) is 0 Å². The normalized spacial score (nSPS) is 16.5. The van der Waals surface area contributed by atoms with Crippen LogP contribution in [-0.2, 0) is 22.6 Å². The smallest absolute Gasteiger partial charge is 0.410 e. The molecule has 3 heterocycles. The van der Waals surface area contributed by atoms with E-state index in [0.717, 1.165) is 59.6 Å². The van der Waals surface area contributed by atoms with E-state index < -0.39 is 13.7 Å². The molecule has 212 valence electrons. The van der Waals surface area contributed by atoms with Gasteiger partial charge in [0.05, 0.1) is 11.2 Å². The number of piperidine rings is 1. The molecule has 1 fully saturated rings. The molecule has 1 saturated heterocycles. The number of amides is 1. The molecule has 1 atom stereocenters. The van der Waals surface area contributed by atoms with Crippen molar-refractivity contribution in [3.63, 3.8) is 0 Å². The molecule has 0 bridgehead atoms. The molecule has 0 radical (unpaired) electrons. The number of aryl methyl sites for hydroxylation is 1. The summed E-state index contributed by atoms with van der Waals surface area (Å²) < 4.78 is 13.9. The first-order valence-electron chi connectivity index (χ1n) is 14.2. The first-order valence-corrected chi connectivity index (χ1v) is 17.9. The van der Waals surface area contributed by atoms with Crippen LogP contribution < -0.4 is 5.32 Å². The third-order valence-corrected chi connectivity index (χ3v) is 8.63. The van der Waals surface area contributed by atoms with Crippen LogP contribution in [0.5, 0.6) is 0 Å². The molecule has 1 N–H and O–H groups in total. The Morgan fingerprint density at radius 1 is 1.21 bits per heavy atom. The van der Waals surface area contributed by atoms with E-state index in [1.807, 2.05) is 27.0 Å². The molecule has 4 rings (SSSR count). The number of carbonyl (C=O) groups excluding carboxylic acids is 1. The van der Waals surface area contributed by atoms with E-state index in [9.17, 15) is 4.79 Å². The minimum Gasteiger partial charge on any atom is -0.444 e. The van der Waals surface area contributed by atoms with Gasteiger partial charge >= 0.3 is 6.09 Å². The highest BCUT2D eigenvalue weighted by atomic mass is 28.3. The molecular weight excluding hydrogens is 506 g/mol. The summed E-state index contributed by atoms with van der Waals surface area (Å²) in [5.41, 5.74) is 3.75. The molecule has 1 aromatic carbocycles. The lowest BCUT2D eigenvalue weighted by Gasteiger charge is -2.34. The summed E-state index contributed by atoms with van der Waals surface area (Å²) in [6, 6.07) is 9.64. The number of rotatable bonds is 9. The zero-order chi connectivity index (χ0) is 28.2. The zero-order valence-corrected chi connectivity index (χ0v) is 25.7. The number of aromatic nitrogens is 3. The highest BCUT2D eigenvalue weighted by molar-refractivity contribution is 6.76.